The lowest BCUT2D eigenvalue weighted by atomic mass is 10.0. The Balaban J connectivity index is 0.00000147. The number of anilines is 1. The summed E-state index contributed by atoms with van der Waals surface area (Å²) in [5.74, 6) is -0.143. The number of benzene rings is 1. The minimum absolute atomic E-state index is 0. The number of nitrogens with one attached hydrogen (secondary N) is 2. The standard InChI is InChI=1S/C12H14N6O.ClH/c19-12(7-18-8-14-16-17-18)15-11-2-1-9-3-4-13-6-10(9)5-11;/h1-2,5,8,13H,3-4,6-7H2,(H,15,19);1H. The second kappa shape index (κ2) is 6.44. The third kappa shape index (κ3) is 3.31. The third-order valence-corrected chi connectivity index (χ3v) is 3.07. The van der Waals surface area contributed by atoms with Gasteiger partial charge < -0.3 is 10.6 Å². The van der Waals surface area contributed by atoms with Crippen molar-refractivity contribution < 1.29 is 4.79 Å². The van der Waals surface area contributed by atoms with Crippen LogP contribution in [0.2, 0.25) is 0 Å². The quantitative estimate of drug-likeness (QED) is 0.855. The van der Waals surface area contributed by atoms with Crippen LogP contribution in [0.25, 0.3) is 0 Å². The molecule has 0 radical (unpaired) electrons. The molecule has 8 heteroatoms. The summed E-state index contributed by atoms with van der Waals surface area (Å²) in [4.78, 5) is 11.8. The van der Waals surface area contributed by atoms with Gasteiger partial charge >= 0.3 is 0 Å². The molecule has 106 valence electrons. The largest absolute Gasteiger partial charge is 0.324 e. The molecule has 0 bridgehead atoms. The van der Waals surface area contributed by atoms with E-state index >= 15 is 0 Å². The summed E-state index contributed by atoms with van der Waals surface area (Å²) in [5.41, 5.74) is 3.39. The van der Waals surface area contributed by atoms with Crippen molar-refractivity contribution in [1.82, 2.24) is 25.5 Å². The maximum Gasteiger partial charge on any atom is 0.246 e. The topological polar surface area (TPSA) is 84.7 Å². The Morgan fingerprint density at radius 2 is 2.30 bits per heavy atom. The van der Waals surface area contributed by atoms with Gasteiger partial charge in [0.05, 0.1) is 0 Å². The molecule has 2 heterocycles. The monoisotopic (exact) mass is 294 g/mol. The third-order valence-electron chi connectivity index (χ3n) is 3.07. The zero-order chi connectivity index (χ0) is 13.1. The fraction of sp³-hybridized carbons (Fsp3) is 0.333. The zero-order valence-corrected chi connectivity index (χ0v) is 11.6. The van der Waals surface area contributed by atoms with Crippen molar-refractivity contribution in [2.75, 3.05) is 11.9 Å². The molecule has 0 spiro atoms. The molecule has 1 aliphatic heterocycles. The van der Waals surface area contributed by atoms with Gasteiger partial charge in [0.25, 0.3) is 0 Å². The Labute approximate surface area is 122 Å². The average molecular weight is 295 g/mol. The first-order valence-electron chi connectivity index (χ1n) is 6.14. The molecule has 1 aromatic carbocycles. The summed E-state index contributed by atoms with van der Waals surface area (Å²) >= 11 is 0. The SMILES string of the molecule is Cl.O=C(Cn1cnnn1)Nc1ccc2c(c1)CNCC2. The van der Waals surface area contributed by atoms with Gasteiger partial charge in [-0.05, 0) is 46.7 Å². The van der Waals surface area contributed by atoms with E-state index in [2.05, 4.69) is 32.2 Å². The molecule has 0 saturated carbocycles. The number of aromatic nitrogens is 4. The lowest BCUT2D eigenvalue weighted by molar-refractivity contribution is -0.116. The van der Waals surface area contributed by atoms with Crippen molar-refractivity contribution in [3.63, 3.8) is 0 Å². The van der Waals surface area contributed by atoms with Crippen molar-refractivity contribution in [2.24, 2.45) is 0 Å². The summed E-state index contributed by atoms with van der Waals surface area (Å²) < 4.78 is 1.38. The number of tetrazole rings is 1. The van der Waals surface area contributed by atoms with Crippen LogP contribution >= 0.6 is 12.4 Å². The number of nitrogens with zero attached hydrogens (tertiary/aromatic N) is 4. The number of carbonyl (C=O) groups is 1. The van der Waals surface area contributed by atoms with Crippen molar-refractivity contribution in [2.45, 2.75) is 19.5 Å². The van der Waals surface area contributed by atoms with Gasteiger partial charge in [-0.25, -0.2) is 4.68 Å². The Morgan fingerprint density at radius 3 is 3.10 bits per heavy atom. The van der Waals surface area contributed by atoms with Gasteiger partial charge in [-0.3, -0.25) is 4.79 Å². The van der Waals surface area contributed by atoms with Crippen molar-refractivity contribution in [3.8, 4) is 0 Å². The van der Waals surface area contributed by atoms with Gasteiger partial charge in [-0.1, -0.05) is 6.07 Å². The molecule has 1 aromatic heterocycles. The predicted molar refractivity (Wildman–Crippen MR) is 75.5 cm³/mol. The van der Waals surface area contributed by atoms with Gasteiger partial charge in [-0.2, -0.15) is 0 Å². The van der Waals surface area contributed by atoms with Crippen molar-refractivity contribution in [1.29, 1.82) is 0 Å². The smallest absolute Gasteiger partial charge is 0.246 e. The molecular formula is C12H15ClN6O. The summed E-state index contributed by atoms with van der Waals surface area (Å²) in [6.45, 7) is 1.98. The van der Waals surface area contributed by atoms with Crippen LogP contribution in [-0.2, 0) is 24.3 Å². The summed E-state index contributed by atoms with van der Waals surface area (Å²) in [6.07, 6.45) is 2.45. The number of halogens is 1. The normalized spacial score (nSPS) is 13.2. The maximum atomic E-state index is 11.8. The van der Waals surface area contributed by atoms with E-state index in [9.17, 15) is 4.79 Å². The van der Waals surface area contributed by atoms with Gasteiger partial charge in [0.1, 0.15) is 12.9 Å². The average Bonchev–Trinajstić information content (AvgIpc) is 2.91. The van der Waals surface area contributed by atoms with Crippen LogP contribution in [0.4, 0.5) is 5.69 Å². The highest BCUT2D eigenvalue weighted by Gasteiger charge is 2.10. The predicted octanol–water partition coefficient (Wildman–Crippen LogP) is 0.379. The number of hydrogen-bond donors (Lipinski definition) is 2. The van der Waals surface area contributed by atoms with E-state index in [1.807, 2.05) is 12.1 Å². The van der Waals surface area contributed by atoms with Crippen LogP contribution < -0.4 is 10.6 Å². The lowest BCUT2D eigenvalue weighted by Gasteiger charge is -2.18. The second-order valence-electron chi connectivity index (χ2n) is 4.47. The minimum atomic E-state index is -0.143. The molecule has 0 saturated heterocycles. The first kappa shape index (κ1) is 14.4. The summed E-state index contributed by atoms with van der Waals surface area (Å²) in [5, 5.41) is 16.8. The zero-order valence-electron chi connectivity index (χ0n) is 10.7. The molecule has 2 aromatic rings. The molecule has 20 heavy (non-hydrogen) atoms. The highest BCUT2D eigenvalue weighted by atomic mass is 35.5. The summed E-state index contributed by atoms with van der Waals surface area (Å²) in [7, 11) is 0. The van der Waals surface area contributed by atoms with Crippen molar-refractivity contribution in [3.05, 3.63) is 35.7 Å². The molecular weight excluding hydrogens is 280 g/mol. The van der Waals surface area contributed by atoms with Crippen molar-refractivity contribution >= 4 is 24.0 Å². The number of amides is 1. The number of hydrogen-bond acceptors (Lipinski definition) is 5. The fourth-order valence-electron chi connectivity index (χ4n) is 2.16. The molecule has 7 nitrogen and oxygen atoms in total. The highest BCUT2D eigenvalue weighted by molar-refractivity contribution is 5.90. The Hall–Kier alpha value is -1.99. The van der Waals surface area contributed by atoms with Crippen LogP contribution in [0.5, 0.6) is 0 Å². The van der Waals surface area contributed by atoms with Crippen LogP contribution in [0, 0.1) is 0 Å². The Kier molecular flexibility index (Phi) is 4.65. The Bertz CT molecular complexity index is 586. The van der Waals surface area contributed by atoms with E-state index in [1.54, 1.807) is 0 Å². The van der Waals surface area contributed by atoms with Gasteiger partial charge in [0.15, 0.2) is 0 Å². The maximum absolute atomic E-state index is 11.8. The first-order valence-corrected chi connectivity index (χ1v) is 6.14. The molecule has 1 aliphatic rings. The second-order valence-corrected chi connectivity index (χ2v) is 4.47. The molecule has 3 rings (SSSR count). The number of fused-ring (bicyclic) bond motifs is 1. The first-order chi connectivity index (χ1) is 9.31. The fourth-order valence-corrected chi connectivity index (χ4v) is 2.16. The molecule has 2 N–H and O–H groups in total. The van der Waals surface area contributed by atoms with E-state index in [0.29, 0.717) is 0 Å². The van der Waals surface area contributed by atoms with Crippen LogP contribution in [-0.4, -0.2) is 32.7 Å². The molecule has 1 amide bonds. The van der Waals surface area contributed by atoms with Crippen LogP contribution in [0.3, 0.4) is 0 Å². The summed E-state index contributed by atoms with van der Waals surface area (Å²) in [6, 6.07) is 6.02. The molecule has 0 unspecified atom stereocenters. The van der Waals surface area contributed by atoms with Gasteiger partial charge in [0.2, 0.25) is 5.91 Å². The van der Waals surface area contributed by atoms with E-state index in [-0.39, 0.29) is 24.9 Å². The highest BCUT2D eigenvalue weighted by Crippen LogP contribution is 2.18. The lowest BCUT2D eigenvalue weighted by Crippen LogP contribution is -2.24. The molecule has 0 atom stereocenters. The Morgan fingerprint density at radius 1 is 1.40 bits per heavy atom. The van der Waals surface area contributed by atoms with E-state index in [0.717, 1.165) is 25.2 Å². The van der Waals surface area contributed by atoms with Crippen LogP contribution in [0.15, 0.2) is 24.5 Å². The number of rotatable bonds is 3. The van der Waals surface area contributed by atoms with Gasteiger partial charge in [-0.15, -0.1) is 17.5 Å². The van der Waals surface area contributed by atoms with E-state index in [4.69, 9.17) is 0 Å². The minimum Gasteiger partial charge on any atom is -0.324 e. The van der Waals surface area contributed by atoms with E-state index in [1.165, 1.54) is 22.1 Å². The molecule has 0 aliphatic carbocycles. The van der Waals surface area contributed by atoms with E-state index < -0.39 is 0 Å². The molecule has 0 fully saturated rings. The van der Waals surface area contributed by atoms with Crippen LogP contribution in [0.1, 0.15) is 11.1 Å². The number of carbonyl (C=O) groups excluding carboxylic acids is 1. The van der Waals surface area contributed by atoms with Gasteiger partial charge in [0, 0.05) is 12.2 Å².